The molecule has 2 atom stereocenters. The molecule has 0 saturated carbocycles. The van der Waals surface area contributed by atoms with E-state index in [0.717, 1.165) is 25.9 Å². The Hall–Kier alpha value is -2.11. The number of amides is 1. The summed E-state index contributed by atoms with van der Waals surface area (Å²) in [5, 5.41) is 6.41. The van der Waals surface area contributed by atoms with E-state index in [1.165, 1.54) is 18.2 Å². The highest BCUT2D eigenvalue weighted by atomic mass is 35.5. The van der Waals surface area contributed by atoms with Crippen molar-refractivity contribution >= 4 is 17.5 Å². The summed E-state index contributed by atoms with van der Waals surface area (Å²) in [5.41, 5.74) is 0.716. The molecule has 2 unspecified atom stereocenters. The maximum Gasteiger partial charge on any atom is 0.265 e. The summed E-state index contributed by atoms with van der Waals surface area (Å²) in [4.78, 5) is 12.7. The summed E-state index contributed by atoms with van der Waals surface area (Å²) in [6.45, 7) is 2.63. The summed E-state index contributed by atoms with van der Waals surface area (Å²) in [6.07, 6.45) is 1.22. The SMILES string of the molecule is O=C(NCCC1CCNC1)C(Oc1ccc(F)cc1Cl)c1ccccc1. The number of rotatable bonds is 7. The van der Waals surface area contributed by atoms with Gasteiger partial charge in [-0.2, -0.15) is 0 Å². The first kappa shape index (κ1) is 18.7. The number of carbonyl (C=O) groups excluding carboxylic acids is 1. The van der Waals surface area contributed by atoms with Crippen LogP contribution in [0.2, 0.25) is 5.02 Å². The fraction of sp³-hybridized carbons (Fsp3) is 0.350. The van der Waals surface area contributed by atoms with Crippen molar-refractivity contribution in [1.82, 2.24) is 10.6 Å². The third-order valence-electron chi connectivity index (χ3n) is 4.49. The summed E-state index contributed by atoms with van der Waals surface area (Å²) in [7, 11) is 0. The molecule has 1 amide bonds. The molecule has 1 heterocycles. The predicted molar refractivity (Wildman–Crippen MR) is 99.8 cm³/mol. The van der Waals surface area contributed by atoms with Crippen molar-refractivity contribution in [2.24, 2.45) is 5.92 Å². The average Bonchev–Trinajstić information content (AvgIpc) is 3.15. The van der Waals surface area contributed by atoms with Crippen LogP contribution in [0.4, 0.5) is 4.39 Å². The van der Waals surface area contributed by atoms with Crippen LogP contribution >= 0.6 is 11.6 Å². The zero-order valence-corrected chi connectivity index (χ0v) is 15.1. The molecule has 0 spiro atoms. The molecule has 0 aliphatic carbocycles. The third kappa shape index (κ3) is 4.96. The second kappa shape index (κ2) is 9.01. The Balaban J connectivity index is 1.69. The highest BCUT2D eigenvalue weighted by molar-refractivity contribution is 6.32. The fourth-order valence-corrected chi connectivity index (χ4v) is 3.26. The second-order valence-electron chi connectivity index (χ2n) is 6.42. The van der Waals surface area contributed by atoms with Crippen LogP contribution in [0.25, 0.3) is 0 Å². The van der Waals surface area contributed by atoms with Gasteiger partial charge in [-0.1, -0.05) is 41.9 Å². The van der Waals surface area contributed by atoms with Crippen LogP contribution in [-0.2, 0) is 4.79 Å². The van der Waals surface area contributed by atoms with Crippen molar-refractivity contribution < 1.29 is 13.9 Å². The molecule has 26 heavy (non-hydrogen) atoms. The molecule has 138 valence electrons. The molecular weight excluding hydrogens is 355 g/mol. The Morgan fingerprint density at radius 1 is 1.31 bits per heavy atom. The summed E-state index contributed by atoms with van der Waals surface area (Å²) < 4.78 is 19.1. The maximum absolute atomic E-state index is 13.3. The molecular formula is C20H22ClFN2O2. The summed E-state index contributed by atoms with van der Waals surface area (Å²) in [6, 6.07) is 13.1. The number of nitrogens with one attached hydrogen (secondary N) is 2. The number of ether oxygens (including phenoxy) is 1. The van der Waals surface area contributed by atoms with Crippen LogP contribution in [0.3, 0.4) is 0 Å². The zero-order chi connectivity index (χ0) is 18.4. The van der Waals surface area contributed by atoms with Crippen LogP contribution in [0.15, 0.2) is 48.5 Å². The summed E-state index contributed by atoms with van der Waals surface area (Å²) >= 11 is 6.05. The van der Waals surface area contributed by atoms with Gasteiger partial charge in [0.15, 0.2) is 0 Å². The van der Waals surface area contributed by atoms with E-state index >= 15 is 0 Å². The van der Waals surface area contributed by atoms with Gasteiger partial charge in [0.1, 0.15) is 11.6 Å². The smallest absolute Gasteiger partial charge is 0.265 e. The van der Waals surface area contributed by atoms with Crippen molar-refractivity contribution in [1.29, 1.82) is 0 Å². The highest BCUT2D eigenvalue weighted by Crippen LogP contribution is 2.30. The lowest BCUT2D eigenvalue weighted by molar-refractivity contribution is -0.128. The first-order valence-corrected chi connectivity index (χ1v) is 9.16. The van der Waals surface area contributed by atoms with E-state index in [-0.39, 0.29) is 16.7 Å². The van der Waals surface area contributed by atoms with Gasteiger partial charge in [0.2, 0.25) is 6.10 Å². The monoisotopic (exact) mass is 376 g/mol. The van der Waals surface area contributed by atoms with Crippen molar-refractivity contribution in [3.63, 3.8) is 0 Å². The Labute approximate surface area is 157 Å². The van der Waals surface area contributed by atoms with Gasteiger partial charge in [0.25, 0.3) is 5.91 Å². The minimum Gasteiger partial charge on any atom is -0.474 e. The fourth-order valence-electron chi connectivity index (χ4n) is 3.05. The van der Waals surface area contributed by atoms with E-state index in [0.29, 0.717) is 18.0 Å². The minimum atomic E-state index is -0.846. The van der Waals surface area contributed by atoms with E-state index in [9.17, 15) is 9.18 Å². The third-order valence-corrected chi connectivity index (χ3v) is 4.79. The van der Waals surface area contributed by atoms with Crippen LogP contribution in [-0.4, -0.2) is 25.5 Å². The minimum absolute atomic E-state index is 0.135. The lowest BCUT2D eigenvalue weighted by Crippen LogP contribution is -2.34. The van der Waals surface area contributed by atoms with E-state index in [2.05, 4.69) is 10.6 Å². The van der Waals surface area contributed by atoms with Gasteiger partial charge in [-0.25, -0.2) is 4.39 Å². The van der Waals surface area contributed by atoms with Crippen LogP contribution in [0, 0.1) is 11.7 Å². The molecule has 6 heteroatoms. The summed E-state index contributed by atoms with van der Waals surface area (Å²) in [5.74, 6) is 0.186. The molecule has 1 saturated heterocycles. The van der Waals surface area contributed by atoms with Crippen molar-refractivity contribution in [2.45, 2.75) is 18.9 Å². The highest BCUT2D eigenvalue weighted by Gasteiger charge is 2.24. The Bertz CT molecular complexity index is 736. The Kier molecular flexibility index (Phi) is 6.47. The predicted octanol–water partition coefficient (Wildman–Crippen LogP) is 3.72. The zero-order valence-electron chi connectivity index (χ0n) is 14.4. The molecule has 0 aromatic heterocycles. The van der Waals surface area contributed by atoms with E-state index in [4.69, 9.17) is 16.3 Å². The standard InChI is InChI=1S/C20H22ClFN2O2/c21-17-12-16(22)6-7-18(17)26-19(15-4-2-1-3-5-15)20(25)24-11-9-14-8-10-23-13-14/h1-7,12,14,19,23H,8-11,13H2,(H,24,25). The van der Waals surface area contributed by atoms with E-state index in [1.54, 1.807) is 0 Å². The molecule has 1 aliphatic rings. The quantitative estimate of drug-likeness (QED) is 0.774. The van der Waals surface area contributed by atoms with Crippen molar-refractivity contribution in [3.05, 3.63) is 64.9 Å². The number of benzene rings is 2. The topological polar surface area (TPSA) is 50.4 Å². The molecule has 3 rings (SSSR count). The van der Waals surface area contributed by atoms with Gasteiger partial charge in [0, 0.05) is 12.1 Å². The average molecular weight is 377 g/mol. The van der Waals surface area contributed by atoms with Crippen LogP contribution in [0.1, 0.15) is 24.5 Å². The second-order valence-corrected chi connectivity index (χ2v) is 6.83. The number of halogens is 2. The number of hydrogen-bond acceptors (Lipinski definition) is 3. The van der Waals surface area contributed by atoms with Crippen molar-refractivity contribution in [3.8, 4) is 5.75 Å². The van der Waals surface area contributed by atoms with Crippen LogP contribution in [0.5, 0.6) is 5.75 Å². The van der Waals surface area contributed by atoms with Gasteiger partial charge < -0.3 is 15.4 Å². The largest absolute Gasteiger partial charge is 0.474 e. The maximum atomic E-state index is 13.3. The Morgan fingerprint density at radius 2 is 2.12 bits per heavy atom. The van der Waals surface area contributed by atoms with Crippen molar-refractivity contribution in [2.75, 3.05) is 19.6 Å². The molecule has 1 aliphatic heterocycles. The normalized spacial score (nSPS) is 17.7. The van der Waals surface area contributed by atoms with E-state index < -0.39 is 11.9 Å². The molecule has 1 fully saturated rings. The van der Waals surface area contributed by atoms with E-state index in [1.807, 2.05) is 30.3 Å². The molecule has 0 bridgehead atoms. The molecule has 2 aromatic carbocycles. The molecule has 4 nitrogen and oxygen atoms in total. The number of carbonyl (C=O) groups is 1. The first-order valence-electron chi connectivity index (χ1n) is 8.78. The van der Waals surface area contributed by atoms with Gasteiger partial charge in [-0.3, -0.25) is 4.79 Å². The van der Waals surface area contributed by atoms with Gasteiger partial charge >= 0.3 is 0 Å². The lowest BCUT2D eigenvalue weighted by atomic mass is 10.0. The number of hydrogen-bond donors (Lipinski definition) is 2. The first-order chi connectivity index (χ1) is 12.6. The molecule has 2 N–H and O–H groups in total. The molecule has 2 aromatic rings. The Morgan fingerprint density at radius 3 is 2.81 bits per heavy atom. The lowest BCUT2D eigenvalue weighted by Gasteiger charge is -2.20. The van der Waals surface area contributed by atoms with Gasteiger partial charge in [-0.05, 0) is 50.0 Å². The van der Waals surface area contributed by atoms with Crippen LogP contribution < -0.4 is 15.4 Å². The van der Waals surface area contributed by atoms with Gasteiger partial charge in [-0.15, -0.1) is 0 Å². The molecule has 0 radical (unpaired) electrons. The van der Waals surface area contributed by atoms with Gasteiger partial charge in [0.05, 0.1) is 5.02 Å².